The highest BCUT2D eigenvalue weighted by Gasteiger charge is 2.41. The topological polar surface area (TPSA) is 109 Å². The second-order valence-electron chi connectivity index (χ2n) is 4.97. The molecule has 0 atom stereocenters. The second-order valence-corrected chi connectivity index (χ2v) is 4.97. The Hall–Kier alpha value is -3.36. The quantitative estimate of drug-likeness (QED) is 0.767. The van der Waals surface area contributed by atoms with Gasteiger partial charge >= 0.3 is 11.9 Å². The van der Waals surface area contributed by atoms with Gasteiger partial charge in [0, 0.05) is 5.56 Å². The molecule has 0 aromatic heterocycles. The van der Waals surface area contributed by atoms with Crippen LogP contribution in [0.25, 0.3) is 0 Å². The molecule has 2 amide bonds. The van der Waals surface area contributed by atoms with Crippen molar-refractivity contribution < 1.29 is 32.7 Å². The fraction of sp³-hybridized carbons (Fsp3) is 0.0625. The Morgan fingerprint density at radius 3 is 2.16 bits per heavy atom. The summed E-state index contributed by atoms with van der Waals surface area (Å²) < 4.78 is 41.2. The van der Waals surface area contributed by atoms with Crippen LogP contribution in [-0.4, -0.2) is 22.9 Å². The molecule has 4 N–H and O–H groups in total. The van der Waals surface area contributed by atoms with Gasteiger partial charge in [-0.3, -0.25) is 9.59 Å². The van der Waals surface area contributed by atoms with Gasteiger partial charge in [-0.1, -0.05) is 0 Å². The van der Waals surface area contributed by atoms with Crippen molar-refractivity contribution in [2.45, 2.75) is 5.92 Å². The molecule has 0 heterocycles. The molecule has 2 rings (SSSR count). The van der Waals surface area contributed by atoms with E-state index in [4.69, 9.17) is 10.8 Å². The molecule has 9 heteroatoms. The number of nitrogens with one attached hydrogen (secondary N) is 1. The largest absolute Gasteiger partial charge is 0.478 e. The van der Waals surface area contributed by atoms with Gasteiger partial charge in [-0.05, 0) is 42.5 Å². The number of aromatic carboxylic acids is 1. The summed E-state index contributed by atoms with van der Waals surface area (Å²) in [5.74, 6) is -9.08. The van der Waals surface area contributed by atoms with Gasteiger partial charge in [0.05, 0.1) is 16.8 Å². The summed E-state index contributed by atoms with van der Waals surface area (Å²) in [6.45, 7) is 0. The van der Waals surface area contributed by atoms with Crippen LogP contribution in [0.15, 0.2) is 42.5 Å². The molecule has 0 saturated heterocycles. The number of carboxylic acid groups (broad SMARTS) is 1. The first-order chi connectivity index (χ1) is 11.6. The highest BCUT2D eigenvalue weighted by Crippen LogP contribution is 2.30. The molecule has 0 fully saturated rings. The van der Waals surface area contributed by atoms with E-state index in [1.54, 1.807) is 5.32 Å². The second kappa shape index (κ2) is 6.63. The summed E-state index contributed by atoms with van der Waals surface area (Å²) in [6.07, 6.45) is 0. The van der Waals surface area contributed by atoms with Crippen molar-refractivity contribution in [3.63, 3.8) is 0 Å². The van der Waals surface area contributed by atoms with Crippen LogP contribution < -0.4 is 11.1 Å². The van der Waals surface area contributed by atoms with E-state index in [1.807, 2.05) is 0 Å². The zero-order valence-electron chi connectivity index (χ0n) is 12.4. The van der Waals surface area contributed by atoms with Crippen molar-refractivity contribution in [1.29, 1.82) is 0 Å². The summed E-state index contributed by atoms with van der Waals surface area (Å²) in [7, 11) is 0. The lowest BCUT2D eigenvalue weighted by Gasteiger charge is -2.17. The molecular weight excluding hydrogens is 341 g/mol. The SMILES string of the molecule is NC(=O)c1ccc(C(=O)O)cc1NC(=O)C(F)(F)c1ccc(F)cc1. The maximum absolute atomic E-state index is 14.2. The molecule has 0 aliphatic rings. The van der Waals surface area contributed by atoms with Crippen LogP contribution >= 0.6 is 0 Å². The van der Waals surface area contributed by atoms with Crippen molar-refractivity contribution >= 4 is 23.5 Å². The van der Waals surface area contributed by atoms with Crippen LogP contribution in [0.1, 0.15) is 26.3 Å². The first-order valence-electron chi connectivity index (χ1n) is 6.75. The molecule has 2 aromatic rings. The Morgan fingerprint density at radius 1 is 1.04 bits per heavy atom. The van der Waals surface area contributed by atoms with Crippen molar-refractivity contribution in [3.05, 3.63) is 65.0 Å². The maximum atomic E-state index is 14.2. The van der Waals surface area contributed by atoms with Crippen molar-refractivity contribution in [1.82, 2.24) is 0 Å². The van der Waals surface area contributed by atoms with Crippen LogP contribution in [0.4, 0.5) is 18.9 Å². The molecule has 6 nitrogen and oxygen atoms in total. The third-order valence-corrected chi connectivity index (χ3v) is 3.27. The van der Waals surface area contributed by atoms with Gasteiger partial charge in [0.1, 0.15) is 5.82 Å². The third kappa shape index (κ3) is 3.77. The number of carbonyl (C=O) groups excluding carboxylic acids is 2. The van der Waals surface area contributed by atoms with Crippen molar-refractivity contribution in [2.75, 3.05) is 5.32 Å². The number of carbonyl (C=O) groups is 3. The van der Waals surface area contributed by atoms with E-state index >= 15 is 0 Å². The fourth-order valence-corrected chi connectivity index (χ4v) is 1.99. The number of rotatable bonds is 5. The number of anilines is 1. The number of alkyl halides is 2. The summed E-state index contributed by atoms with van der Waals surface area (Å²) in [5, 5.41) is 10.7. The molecule has 0 saturated carbocycles. The van der Waals surface area contributed by atoms with Crippen LogP contribution in [0.5, 0.6) is 0 Å². The molecule has 0 aliphatic heterocycles. The van der Waals surface area contributed by atoms with Gasteiger partial charge in [0.2, 0.25) is 0 Å². The number of hydrogen-bond donors (Lipinski definition) is 3. The van der Waals surface area contributed by atoms with E-state index in [0.29, 0.717) is 0 Å². The van der Waals surface area contributed by atoms with Gasteiger partial charge in [-0.15, -0.1) is 0 Å². The van der Waals surface area contributed by atoms with Gasteiger partial charge < -0.3 is 16.2 Å². The number of amides is 2. The molecule has 0 bridgehead atoms. The minimum atomic E-state index is -4.05. The first kappa shape index (κ1) is 18.0. The molecule has 0 aliphatic carbocycles. The lowest BCUT2D eigenvalue weighted by atomic mass is 10.1. The molecule has 0 radical (unpaired) electrons. The van der Waals surface area contributed by atoms with Gasteiger partial charge in [0.15, 0.2) is 0 Å². The van der Waals surface area contributed by atoms with Crippen molar-refractivity contribution in [2.24, 2.45) is 5.73 Å². The van der Waals surface area contributed by atoms with Crippen molar-refractivity contribution in [3.8, 4) is 0 Å². The van der Waals surface area contributed by atoms with Gasteiger partial charge in [0.25, 0.3) is 11.8 Å². The number of benzene rings is 2. The molecule has 2 aromatic carbocycles. The summed E-state index contributed by atoms with van der Waals surface area (Å²) in [4.78, 5) is 34.2. The van der Waals surface area contributed by atoms with E-state index in [2.05, 4.69) is 0 Å². The van der Waals surface area contributed by atoms with E-state index < -0.39 is 40.8 Å². The van der Waals surface area contributed by atoms with E-state index in [0.717, 1.165) is 42.5 Å². The molecule has 0 unspecified atom stereocenters. The Bertz CT molecular complexity index is 851. The summed E-state index contributed by atoms with van der Waals surface area (Å²) in [6, 6.07) is 5.86. The third-order valence-electron chi connectivity index (χ3n) is 3.27. The zero-order valence-corrected chi connectivity index (χ0v) is 12.4. The average Bonchev–Trinajstić information content (AvgIpc) is 2.54. The van der Waals surface area contributed by atoms with Crippen LogP contribution in [0, 0.1) is 5.82 Å². The smallest absolute Gasteiger partial charge is 0.350 e. The predicted octanol–water partition coefficient (Wildman–Crippen LogP) is 2.35. The van der Waals surface area contributed by atoms with E-state index in [1.165, 1.54) is 0 Å². The van der Waals surface area contributed by atoms with Crippen LogP contribution in [-0.2, 0) is 10.7 Å². The maximum Gasteiger partial charge on any atom is 0.350 e. The molecular formula is C16H11F3N2O4. The molecule has 25 heavy (non-hydrogen) atoms. The minimum Gasteiger partial charge on any atom is -0.478 e. The molecule has 0 spiro atoms. The number of nitrogens with two attached hydrogens (primary N) is 1. The number of halogens is 3. The lowest BCUT2D eigenvalue weighted by Crippen LogP contribution is -2.33. The first-order valence-corrected chi connectivity index (χ1v) is 6.75. The van der Waals surface area contributed by atoms with Gasteiger partial charge in [-0.2, -0.15) is 8.78 Å². The van der Waals surface area contributed by atoms with Crippen LogP contribution in [0.2, 0.25) is 0 Å². The standard InChI is InChI=1S/C16H11F3N2O4/c17-10-4-2-9(3-5-10)16(18,19)15(25)21-12-7-8(14(23)24)1-6-11(12)13(20)22/h1-7H,(H2,20,22)(H,21,25)(H,23,24). The Balaban J connectivity index is 2.38. The normalized spacial score (nSPS) is 11.0. The Morgan fingerprint density at radius 2 is 1.64 bits per heavy atom. The zero-order chi connectivity index (χ0) is 18.8. The monoisotopic (exact) mass is 352 g/mol. The highest BCUT2D eigenvalue weighted by molar-refractivity contribution is 6.06. The van der Waals surface area contributed by atoms with Crippen LogP contribution in [0.3, 0.4) is 0 Å². The van der Waals surface area contributed by atoms with E-state index in [9.17, 15) is 27.6 Å². The van der Waals surface area contributed by atoms with Gasteiger partial charge in [-0.25, -0.2) is 9.18 Å². The Labute approximate surface area is 139 Å². The number of primary amides is 1. The fourth-order valence-electron chi connectivity index (χ4n) is 1.99. The highest BCUT2D eigenvalue weighted by atomic mass is 19.3. The number of hydrogen-bond acceptors (Lipinski definition) is 3. The minimum absolute atomic E-state index is 0.340. The summed E-state index contributed by atoms with van der Waals surface area (Å²) in [5.41, 5.74) is 3.16. The molecule has 130 valence electrons. The average molecular weight is 352 g/mol. The predicted molar refractivity (Wildman–Crippen MR) is 80.8 cm³/mol. The summed E-state index contributed by atoms with van der Waals surface area (Å²) >= 11 is 0. The number of carboxylic acids is 1. The lowest BCUT2D eigenvalue weighted by molar-refractivity contribution is -0.140. The van der Waals surface area contributed by atoms with E-state index in [-0.39, 0.29) is 11.1 Å². The Kier molecular flexibility index (Phi) is 4.77.